The van der Waals surface area contributed by atoms with Gasteiger partial charge in [0, 0.05) is 58.7 Å². The molecule has 7 nitrogen and oxygen atoms in total. The van der Waals surface area contributed by atoms with Crippen molar-refractivity contribution in [2.45, 2.75) is 94.8 Å². The molecule has 2 heterocycles. The van der Waals surface area contributed by atoms with Gasteiger partial charge in [0.05, 0.1) is 5.02 Å². The second kappa shape index (κ2) is 10.7. The van der Waals surface area contributed by atoms with Crippen LogP contribution in [0.25, 0.3) is 0 Å². The number of halogens is 2. The summed E-state index contributed by atoms with van der Waals surface area (Å²) >= 11 is 8.06. The van der Waals surface area contributed by atoms with Crippen LogP contribution in [0.2, 0.25) is 5.02 Å². The number of carbonyl (C=O) groups is 1. The Bertz CT molecular complexity index is 1290. The number of aromatic nitrogens is 1. The van der Waals surface area contributed by atoms with E-state index in [1.807, 2.05) is 33.1 Å². The third-order valence-electron chi connectivity index (χ3n) is 8.19. The number of ether oxygens (including phenoxy) is 2. The summed E-state index contributed by atoms with van der Waals surface area (Å²) in [6.07, 6.45) is 6.28. The zero-order valence-corrected chi connectivity index (χ0v) is 23.8. The highest BCUT2D eigenvalue weighted by molar-refractivity contribution is 7.98. The Labute approximate surface area is 231 Å². The summed E-state index contributed by atoms with van der Waals surface area (Å²) in [7, 11) is 0. The molecule has 1 aromatic heterocycles. The Morgan fingerprint density at radius 2 is 1.84 bits per heavy atom. The predicted octanol–water partition coefficient (Wildman–Crippen LogP) is 5.43. The lowest BCUT2D eigenvalue weighted by Crippen LogP contribution is -2.51. The number of rotatable bonds is 7. The van der Waals surface area contributed by atoms with E-state index in [0.29, 0.717) is 58.1 Å². The van der Waals surface area contributed by atoms with Crippen molar-refractivity contribution in [3.63, 3.8) is 0 Å². The van der Waals surface area contributed by atoms with Crippen LogP contribution >= 0.6 is 23.4 Å². The summed E-state index contributed by atoms with van der Waals surface area (Å²) in [5, 5.41) is 6.78. The van der Waals surface area contributed by atoms with Crippen LogP contribution in [0.5, 0.6) is 11.5 Å². The second-order valence-electron chi connectivity index (χ2n) is 10.9. The quantitative estimate of drug-likeness (QED) is 0.389. The summed E-state index contributed by atoms with van der Waals surface area (Å²) in [6, 6.07) is 4.19. The van der Waals surface area contributed by atoms with Crippen molar-refractivity contribution in [2.75, 3.05) is 6.26 Å². The van der Waals surface area contributed by atoms with Gasteiger partial charge >= 0.3 is 0 Å². The Hall–Kier alpha value is -2.23. The first kappa shape index (κ1) is 27.3. The van der Waals surface area contributed by atoms with Gasteiger partial charge in [0.2, 0.25) is 0 Å². The van der Waals surface area contributed by atoms with E-state index in [4.69, 9.17) is 21.1 Å². The standard InChI is InChI=1S/C28H35ClFN3O4S/c1-14-9-23(38-4)21(27(35)32-14)13-31-26(34)20-12-22(29)25-24(15(20)2)36-28(3,37-25)16-5-7-18(8-6-16)33-19-10-17(30)11-19/h9,12,16-19,33H,5-8,10-11,13H2,1-4H3,(H,31,34)(H,32,35)/t16-,17-,18-,19+,28-/m0/s1. The summed E-state index contributed by atoms with van der Waals surface area (Å²) in [5.74, 6) is -0.0955. The highest BCUT2D eigenvalue weighted by Crippen LogP contribution is 2.51. The molecule has 206 valence electrons. The summed E-state index contributed by atoms with van der Waals surface area (Å²) in [5.41, 5.74) is 2.11. The number of fused-ring (bicyclic) bond motifs is 1. The molecule has 1 aliphatic heterocycles. The van der Waals surface area contributed by atoms with E-state index >= 15 is 0 Å². The largest absolute Gasteiger partial charge is 0.448 e. The van der Waals surface area contributed by atoms with Crippen LogP contribution in [0.3, 0.4) is 0 Å². The van der Waals surface area contributed by atoms with Gasteiger partial charge in [-0.05, 0) is 70.8 Å². The molecule has 1 atom stereocenters. The van der Waals surface area contributed by atoms with Crippen molar-refractivity contribution in [1.82, 2.24) is 15.6 Å². The number of pyridine rings is 1. The number of thioether (sulfide) groups is 1. The molecule has 2 fully saturated rings. The van der Waals surface area contributed by atoms with Crippen LogP contribution in [0.15, 0.2) is 21.8 Å². The topological polar surface area (TPSA) is 92.5 Å². The van der Waals surface area contributed by atoms with Crippen molar-refractivity contribution in [1.29, 1.82) is 0 Å². The number of nitrogens with one attached hydrogen (secondary N) is 3. The second-order valence-corrected chi connectivity index (χ2v) is 12.2. The highest BCUT2D eigenvalue weighted by Gasteiger charge is 2.47. The monoisotopic (exact) mass is 563 g/mol. The van der Waals surface area contributed by atoms with Gasteiger partial charge < -0.3 is 25.1 Å². The number of aryl methyl sites for hydroxylation is 1. The smallest absolute Gasteiger partial charge is 0.254 e. The van der Waals surface area contributed by atoms with Gasteiger partial charge in [0.15, 0.2) is 11.5 Å². The van der Waals surface area contributed by atoms with Gasteiger partial charge in [-0.15, -0.1) is 11.8 Å². The molecule has 0 unspecified atom stereocenters. The third-order valence-corrected chi connectivity index (χ3v) is 9.27. The summed E-state index contributed by atoms with van der Waals surface area (Å²) < 4.78 is 25.9. The fraction of sp³-hybridized carbons (Fsp3) is 0.571. The van der Waals surface area contributed by atoms with E-state index in [-0.39, 0.29) is 23.9 Å². The Balaban J connectivity index is 1.26. The molecule has 3 N–H and O–H groups in total. The highest BCUT2D eigenvalue weighted by atomic mass is 35.5. The molecule has 1 amide bonds. The van der Waals surface area contributed by atoms with Gasteiger partial charge in [-0.1, -0.05) is 11.6 Å². The molecule has 10 heteroatoms. The summed E-state index contributed by atoms with van der Waals surface area (Å²) in [6.45, 7) is 5.68. The molecule has 3 aliphatic rings. The lowest BCUT2D eigenvalue weighted by Gasteiger charge is -2.40. The number of hydrogen-bond donors (Lipinski definition) is 3. The summed E-state index contributed by atoms with van der Waals surface area (Å²) in [4.78, 5) is 29.3. The molecule has 2 aliphatic carbocycles. The first-order valence-electron chi connectivity index (χ1n) is 13.2. The maximum Gasteiger partial charge on any atom is 0.254 e. The van der Waals surface area contributed by atoms with Gasteiger partial charge in [0.1, 0.15) is 6.17 Å². The van der Waals surface area contributed by atoms with Crippen LogP contribution in [0.4, 0.5) is 4.39 Å². The van der Waals surface area contributed by atoms with E-state index < -0.39 is 12.0 Å². The van der Waals surface area contributed by atoms with Crippen LogP contribution in [-0.4, -0.2) is 41.2 Å². The van der Waals surface area contributed by atoms with Crippen LogP contribution < -0.4 is 25.7 Å². The molecule has 1 aromatic carbocycles. The molecule has 0 bridgehead atoms. The number of amides is 1. The Kier molecular flexibility index (Phi) is 7.73. The molecule has 2 saturated carbocycles. The predicted molar refractivity (Wildman–Crippen MR) is 147 cm³/mol. The number of alkyl halides is 1. The van der Waals surface area contributed by atoms with E-state index in [1.54, 1.807) is 6.07 Å². The van der Waals surface area contributed by atoms with Gasteiger partial charge in [-0.25, -0.2) is 4.39 Å². The van der Waals surface area contributed by atoms with Crippen LogP contribution in [-0.2, 0) is 6.54 Å². The van der Waals surface area contributed by atoms with E-state index in [1.165, 1.54) is 11.8 Å². The van der Waals surface area contributed by atoms with Crippen molar-refractivity contribution in [3.8, 4) is 11.5 Å². The third kappa shape index (κ3) is 5.29. The lowest BCUT2D eigenvalue weighted by atomic mass is 9.80. The molecule has 0 saturated heterocycles. The SMILES string of the molecule is CSc1cc(C)[nH]c(=O)c1CNC(=O)c1cc(Cl)c2c(c1C)O[C@](C)([C@H]1CC[C@H](N[C@H]3C[C@@H](F)C3)CC1)O2. The minimum Gasteiger partial charge on any atom is -0.448 e. The fourth-order valence-corrected chi connectivity index (χ4v) is 6.79. The number of hydrogen-bond acceptors (Lipinski definition) is 6. The van der Waals surface area contributed by atoms with Gasteiger partial charge in [-0.2, -0.15) is 0 Å². The average molecular weight is 564 g/mol. The zero-order chi connectivity index (χ0) is 27.2. The molecular weight excluding hydrogens is 529 g/mol. The number of carbonyl (C=O) groups excluding carboxylic acids is 1. The van der Waals surface area contributed by atoms with Crippen molar-refractivity contribution >= 4 is 29.3 Å². The van der Waals surface area contributed by atoms with E-state index in [0.717, 1.165) is 36.3 Å². The molecule has 0 spiro atoms. The molecule has 38 heavy (non-hydrogen) atoms. The van der Waals surface area contributed by atoms with Crippen LogP contribution in [0.1, 0.15) is 72.6 Å². The van der Waals surface area contributed by atoms with Gasteiger partial charge in [0.25, 0.3) is 17.3 Å². The Morgan fingerprint density at radius 1 is 1.16 bits per heavy atom. The van der Waals surface area contributed by atoms with Crippen LogP contribution in [0, 0.1) is 19.8 Å². The lowest BCUT2D eigenvalue weighted by molar-refractivity contribution is -0.121. The zero-order valence-electron chi connectivity index (χ0n) is 22.2. The molecule has 2 aromatic rings. The minimum atomic E-state index is -0.875. The molecule has 0 radical (unpaired) electrons. The van der Waals surface area contributed by atoms with E-state index in [9.17, 15) is 14.0 Å². The fourth-order valence-electron chi connectivity index (χ4n) is 5.85. The maximum absolute atomic E-state index is 13.2. The number of H-pyrrole nitrogens is 1. The maximum atomic E-state index is 13.2. The molecular formula is C28H35ClFN3O4S. The molecule has 5 rings (SSSR count). The van der Waals surface area contributed by atoms with Crippen molar-refractivity contribution < 1.29 is 18.7 Å². The number of aromatic amines is 1. The first-order valence-corrected chi connectivity index (χ1v) is 14.8. The van der Waals surface area contributed by atoms with E-state index in [2.05, 4.69) is 15.6 Å². The normalized spacial score (nSPS) is 28.2. The Morgan fingerprint density at radius 3 is 2.50 bits per heavy atom. The average Bonchev–Trinajstić information content (AvgIpc) is 3.24. The van der Waals surface area contributed by atoms with Crippen molar-refractivity contribution in [2.24, 2.45) is 5.92 Å². The number of benzene rings is 1. The van der Waals surface area contributed by atoms with Crippen molar-refractivity contribution in [3.05, 3.63) is 49.9 Å². The first-order chi connectivity index (χ1) is 18.1. The minimum absolute atomic E-state index is 0.0952. The van der Waals surface area contributed by atoms with Gasteiger partial charge in [-0.3, -0.25) is 9.59 Å².